The van der Waals surface area contributed by atoms with E-state index in [0.29, 0.717) is 38.3 Å². The van der Waals surface area contributed by atoms with Crippen LogP contribution in [0.1, 0.15) is 37.6 Å². The highest BCUT2D eigenvalue weighted by molar-refractivity contribution is 5.96. The standard InChI is InChI=1S/C20H30N4O3/c1-20(2,3)15-22-19(27)24-11-7-10-23(12-13-24)17(25)14-21-18(26)16-8-5-4-6-9-16/h4-6,8-9H,7,10-15H2,1-3H3,(H,21,26)(H,22,27). The summed E-state index contributed by atoms with van der Waals surface area (Å²) < 4.78 is 0. The molecule has 1 aliphatic rings. The van der Waals surface area contributed by atoms with Gasteiger partial charge in [0.15, 0.2) is 0 Å². The van der Waals surface area contributed by atoms with Crippen LogP contribution in [0.2, 0.25) is 0 Å². The van der Waals surface area contributed by atoms with Crippen molar-refractivity contribution in [3.63, 3.8) is 0 Å². The van der Waals surface area contributed by atoms with Gasteiger partial charge in [0, 0.05) is 38.3 Å². The normalized spacial score (nSPS) is 15.1. The first-order valence-electron chi connectivity index (χ1n) is 9.40. The number of carbonyl (C=O) groups is 3. The number of amides is 4. The van der Waals surface area contributed by atoms with Crippen molar-refractivity contribution in [1.82, 2.24) is 20.4 Å². The molecular weight excluding hydrogens is 344 g/mol. The average Bonchev–Trinajstić information content (AvgIpc) is 2.90. The Hall–Kier alpha value is -2.57. The second-order valence-electron chi connectivity index (χ2n) is 7.99. The third kappa shape index (κ3) is 6.92. The second-order valence-corrected chi connectivity index (χ2v) is 7.99. The van der Waals surface area contributed by atoms with E-state index in [4.69, 9.17) is 0 Å². The molecular formula is C20H30N4O3. The highest BCUT2D eigenvalue weighted by Gasteiger charge is 2.23. The smallest absolute Gasteiger partial charge is 0.317 e. The molecule has 1 saturated heterocycles. The lowest BCUT2D eigenvalue weighted by atomic mass is 9.97. The van der Waals surface area contributed by atoms with Crippen LogP contribution in [-0.4, -0.2) is 66.9 Å². The molecule has 7 nitrogen and oxygen atoms in total. The van der Waals surface area contributed by atoms with Crippen molar-refractivity contribution >= 4 is 17.8 Å². The van der Waals surface area contributed by atoms with Gasteiger partial charge in [0.2, 0.25) is 5.91 Å². The fourth-order valence-electron chi connectivity index (χ4n) is 2.78. The van der Waals surface area contributed by atoms with Gasteiger partial charge >= 0.3 is 6.03 Å². The molecule has 1 aromatic rings. The van der Waals surface area contributed by atoms with Crippen LogP contribution in [0.25, 0.3) is 0 Å². The maximum Gasteiger partial charge on any atom is 0.317 e. The Morgan fingerprint density at radius 2 is 1.56 bits per heavy atom. The molecule has 1 aliphatic heterocycles. The van der Waals surface area contributed by atoms with Gasteiger partial charge in [0.25, 0.3) is 5.91 Å². The largest absolute Gasteiger partial charge is 0.343 e. The number of rotatable bonds is 4. The minimum Gasteiger partial charge on any atom is -0.343 e. The molecule has 1 heterocycles. The van der Waals surface area contributed by atoms with Gasteiger partial charge in [0.1, 0.15) is 0 Å². The van der Waals surface area contributed by atoms with Gasteiger partial charge in [-0.05, 0) is 24.0 Å². The fraction of sp³-hybridized carbons (Fsp3) is 0.550. The predicted molar refractivity (Wildman–Crippen MR) is 104 cm³/mol. The van der Waals surface area contributed by atoms with Crippen LogP contribution in [0.5, 0.6) is 0 Å². The Labute approximate surface area is 161 Å². The molecule has 0 unspecified atom stereocenters. The molecule has 0 saturated carbocycles. The summed E-state index contributed by atoms with van der Waals surface area (Å²) in [6.45, 7) is 8.95. The van der Waals surface area contributed by atoms with Crippen LogP contribution in [0.3, 0.4) is 0 Å². The highest BCUT2D eigenvalue weighted by atomic mass is 16.2. The van der Waals surface area contributed by atoms with Crippen molar-refractivity contribution in [3.8, 4) is 0 Å². The molecule has 1 aromatic carbocycles. The Bertz CT molecular complexity index is 655. The quantitative estimate of drug-likeness (QED) is 0.842. The Morgan fingerprint density at radius 1 is 0.926 bits per heavy atom. The zero-order chi connectivity index (χ0) is 19.9. The van der Waals surface area contributed by atoms with E-state index in [9.17, 15) is 14.4 Å². The number of carbonyl (C=O) groups excluding carboxylic acids is 3. The van der Waals surface area contributed by atoms with Crippen molar-refractivity contribution in [2.45, 2.75) is 27.2 Å². The van der Waals surface area contributed by atoms with Gasteiger partial charge in [-0.2, -0.15) is 0 Å². The van der Waals surface area contributed by atoms with Crippen LogP contribution in [-0.2, 0) is 4.79 Å². The number of nitrogens with zero attached hydrogens (tertiary/aromatic N) is 2. The molecule has 1 fully saturated rings. The second kappa shape index (κ2) is 9.39. The summed E-state index contributed by atoms with van der Waals surface area (Å²) in [5.41, 5.74) is 0.559. The molecule has 0 aromatic heterocycles. The van der Waals surface area contributed by atoms with Gasteiger partial charge in [-0.3, -0.25) is 9.59 Å². The SMILES string of the molecule is CC(C)(C)CNC(=O)N1CCCN(C(=O)CNC(=O)c2ccccc2)CC1. The lowest BCUT2D eigenvalue weighted by molar-refractivity contribution is -0.129. The van der Waals surface area contributed by atoms with Gasteiger partial charge in [-0.25, -0.2) is 4.79 Å². The van der Waals surface area contributed by atoms with E-state index >= 15 is 0 Å². The lowest BCUT2D eigenvalue weighted by Gasteiger charge is -2.25. The fourth-order valence-corrected chi connectivity index (χ4v) is 2.78. The molecule has 2 N–H and O–H groups in total. The van der Waals surface area contributed by atoms with Crippen molar-refractivity contribution in [1.29, 1.82) is 0 Å². The Kier molecular flexibility index (Phi) is 7.21. The van der Waals surface area contributed by atoms with Gasteiger partial charge < -0.3 is 20.4 Å². The maximum atomic E-state index is 12.4. The number of hydrogen-bond acceptors (Lipinski definition) is 3. The van der Waals surface area contributed by atoms with Crippen molar-refractivity contribution < 1.29 is 14.4 Å². The van der Waals surface area contributed by atoms with Crippen LogP contribution < -0.4 is 10.6 Å². The molecule has 0 bridgehead atoms. The first-order chi connectivity index (χ1) is 12.8. The minimum absolute atomic E-state index is 0.0282. The van der Waals surface area contributed by atoms with E-state index in [1.54, 1.807) is 34.1 Å². The highest BCUT2D eigenvalue weighted by Crippen LogP contribution is 2.11. The summed E-state index contributed by atoms with van der Waals surface area (Å²) in [5, 5.41) is 5.61. The molecule has 27 heavy (non-hydrogen) atoms. The monoisotopic (exact) mass is 374 g/mol. The van der Waals surface area contributed by atoms with E-state index in [1.165, 1.54) is 0 Å². The summed E-state index contributed by atoms with van der Waals surface area (Å²) in [7, 11) is 0. The van der Waals surface area contributed by atoms with Crippen LogP contribution >= 0.6 is 0 Å². The van der Waals surface area contributed by atoms with Crippen molar-refractivity contribution in [3.05, 3.63) is 35.9 Å². The van der Waals surface area contributed by atoms with Crippen LogP contribution in [0.15, 0.2) is 30.3 Å². The molecule has 0 aliphatic carbocycles. The van der Waals surface area contributed by atoms with Gasteiger partial charge in [-0.1, -0.05) is 39.0 Å². The Balaban J connectivity index is 1.78. The molecule has 0 atom stereocenters. The third-order valence-electron chi connectivity index (χ3n) is 4.34. The topological polar surface area (TPSA) is 81.8 Å². The summed E-state index contributed by atoms with van der Waals surface area (Å²) in [6, 6.07) is 8.73. The lowest BCUT2D eigenvalue weighted by Crippen LogP contribution is -2.45. The number of benzene rings is 1. The average molecular weight is 374 g/mol. The molecule has 148 valence electrons. The molecule has 0 radical (unpaired) electrons. The Morgan fingerprint density at radius 3 is 2.22 bits per heavy atom. The zero-order valence-electron chi connectivity index (χ0n) is 16.5. The number of hydrogen-bond donors (Lipinski definition) is 2. The predicted octanol–water partition coefficient (Wildman–Crippen LogP) is 1.71. The summed E-state index contributed by atoms with van der Waals surface area (Å²) in [4.78, 5) is 40.2. The number of urea groups is 1. The van der Waals surface area contributed by atoms with Crippen molar-refractivity contribution in [2.75, 3.05) is 39.3 Å². The van der Waals surface area contributed by atoms with E-state index in [2.05, 4.69) is 31.4 Å². The van der Waals surface area contributed by atoms with Crippen LogP contribution in [0, 0.1) is 5.41 Å². The number of nitrogens with one attached hydrogen (secondary N) is 2. The van der Waals surface area contributed by atoms with Crippen LogP contribution in [0.4, 0.5) is 4.79 Å². The molecule has 7 heteroatoms. The third-order valence-corrected chi connectivity index (χ3v) is 4.34. The summed E-state index contributed by atoms with van der Waals surface area (Å²) >= 11 is 0. The van der Waals surface area contributed by atoms with Crippen molar-refractivity contribution in [2.24, 2.45) is 5.41 Å². The maximum absolute atomic E-state index is 12.4. The molecule has 4 amide bonds. The summed E-state index contributed by atoms with van der Waals surface area (Å²) in [5.74, 6) is -0.391. The minimum atomic E-state index is -0.262. The van der Waals surface area contributed by atoms with E-state index < -0.39 is 0 Å². The van der Waals surface area contributed by atoms with E-state index in [0.717, 1.165) is 6.42 Å². The van der Waals surface area contributed by atoms with Gasteiger partial charge in [-0.15, -0.1) is 0 Å². The van der Waals surface area contributed by atoms with E-state index in [-0.39, 0.29) is 29.8 Å². The van der Waals surface area contributed by atoms with E-state index in [1.807, 2.05) is 6.07 Å². The molecule has 0 spiro atoms. The molecule has 2 rings (SSSR count). The van der Waals surface area contributed by atoms with Gasteiger partial charge in [0.05, 0.1) is 6.54 Å². The zero-order valence-corrected chi connectivity index (χ0v) is 16.5. The summed E-state index contributed by atoms with van der Waals surface area (Å²) in [6.07, 6.45) is 0.724. The first kappa shape index (κ1) is 20.7. The first-order valence-corrected chi connectivity index (χ1v) is 9.40.